The van der Waals surface area contributed by atoms with Crippen LogP contribution in [0.5, 0.6) is 0 Å². The highest BCUT2D eigenvalue weighted by Gasteiger charge is 2.40. The summed E-state index contributed by atoms with van der Waals surface area (Å²) >= 11 is 0. The maximum absolute atomic E-state index is 12.8. The molecular weight excluding hydrogens is 224 g/mol. The summed E-state index contributed by atoms with van der Waals surface area (Å²) in [5, 5.41) is 3.49. The lowest BCUT2D eigenvalue weighted by Crippen LogP contribution is -2.58. The van der Waals surface area contributed by atoms with Gasteiger partial charge in [0.25, 0.3) is 0 Å². The molecule has 0 aromatic heterocycles. The van der Waals surface area contributed by atoms with Crippen LogP contribution in [0.3, 0.4) is 0 Å². The SMILES string of the molecule is CC1CN(C(=O)C2CCCCC2(C)C)CC(C)N1. The molecule has 18 heavy (non-hydrogen) atoms. The average Bonchev–Trinajstić information content (AvgIpc) is 2.26. The fourth-order valence-corrected chi connectivity index (χ4v) is 3.68. The van der Waals surface area contributed by atoms with E-state index in [1.165, 1.54) is 19.3 Å². The van der Waals surface area contributed by atoms with E-state index in [4.69, 9.17) is 0 Å². The number of nitrogens with zero attached hydrogens (tertiary/aromatic N) is 1. The van der Waals surface area contributed by atoms with Crippen LogP contribution >= 0.6 is 0 Å². The first-order chi connectivity index (χ1) is 8.40. The van der Waals surface area contributed by atoms with Crippen LogP contribution in [0, 0.1) is 11.3 Å². The molecule has 2 aliphatic rings. The van der Waals surface area contributed by atoms with E-state index in [0.717, 1.165) is 19.5 Å². The normalized spacial score (nSPS) is 36.4. The smallest absolute Gasteiger partial charge is 0.226 e. The third kappa shape index (κ3) is 2.87. The molecule has 3 nitrogen and oxygen atoms in total. The van der Waals surface area contributed by atoms with E-state index in [2.05, 4.69) is 37.9 Å². The van der Waals surface area contributed by atoms with Crippen LogP contribution in [0.15, 0.2) is 0 Å². The zero-order valence-electron chi connectivity index (χ0n) is 12.3. The standard InChI is InChI=1S/C15H28N2O/c1-11-9-17(10-12(2)16-11)14(18)13-7-5-6-8-15(13,3)4/h11-13,16H,5-10H2,1-4H3. The van der Waals surface area contributed by atoms with Crippen molar-refractivity contribution in [2.24, 2.45) is 11.3 Å². The second kappa shape index (κ2) is 5.20. The Balaban J connectivity index is 2.05. The van der Waals surface area contributed by atoms with Gasteiger partial charge in [0.05, 0.1) is 0 Å². The van der Waals surface area contributed by atoms with Gasteiger partial charge in [0.2, 0.25) is 5.91 Å². The van der Waals surface area contributed by atoms with Gasteiger partial charge in [0.15, 0.2) is 0 Å². The second-order valence-electron chi connectivity index (χ2n) is 7.00. The average molecular weight is 252 g/mol. The number of rotatable bonds is 1. The van der Waals surface area contributed by atoms with E-state index in [-0.39, 0.29) is 11.3 Å². The predicted molar refractivity (Wildman–Crippen MR) is 74.4 cm³/mol. The molecular formula is C15H28N2O. The number of amides is 1. The first-order valence-corrected chi connectivity index (χ1v) is 7.45. The quantitative estimate of drug-likeness (QED) is 0.777. The lowest BCUT2D eigenvalue weighted by atomic mass is 9.68. The second-order valence-corrected chi connectivity index (χ2v) is 7.00. The molecule has 104 valence electrons. The van der Waals surface area contributed by atoms with E-state index in [1.54, 1.807) is 0 Å². The van der Waals surface area contributed by atoms with Gasteiger partial charge in [0, 0.05) is 31.1 Å². The zero-order valence-corrected chi connectivity index (χ0v) is 12.3. The van der Waals surface area contributed by atoms with Gasteiger partial charge in [-0.1, -0.05) is 26.7 Å². The number of piperazine rings is 1. The Bertz CT molecular complexity index is 304. The van der Waals surface area contributed by atoms with Gasteiger partial charge < -0.3 is 10.2 Å². The predicted octanol–water partition coefficient (Wildman–Crippen LogP) is 2.41. The van der Waals surface area contributed by atoms with E-state index in [9.17, 15) is 4.79 Å². The molecule has 2 fully saturated rings. The zero-order chi connectivity index (χ0) is 13.3. The third-order valence-electron chi connectivity index (χ3n) is 4.67. The molecule has 1 aliphatic heterocycles. The Labute approximate surface area is 111 Å². The van der Waals surface area contributed by atoms with Crippen molar-refractivity contribution in [3.63, 3.8) is 0 Å². The van der Waals surface area contributed by atoms with Crippen molar-refractivity contribution in [1.82, 2.24) is 10.2 Å². The molecule has 0 aromatic carbocycles. The van der Waals surface area contributed by atoms with Crippen LogP contribution in [-0.4, -0.2) is 36.0 Å². The summed E-state index contributed by atoms with van der Waals surface area (Å²) in [6.07, 6.45) is 4.78. The molecule has 2 rings (SSSR count). The molecule has 3 heteroatoms. The van der Waals surface area contributed by atoms with Gasteiger partial charge in [-0.05, 0) is 32.1 Å². The van der Waals surface area contributed by atoms with Crippen molar-refractivity contribution in [2.45, 2.75) is 65.5 Å². The largest absolute Gasteiger partial charge is 0.339 e. The maximum Gasteiger partial charge on any atom is 0.226 e. The van der Waals surface area contributed by atoms with Gasteiger partial charge in [-0.15, -0.1) is 0 Å². The minimum Gasteiger partial charge on any atom is -0.339 e. The number of nitrogens with one attached hydrogen (secondary N) is 1. The van der Waals surface area contributed by atoms with Gasteiger partial charge >= 0.3 is 0 Å². The Morgan fingerprint density at radius 1 is 1.17 bits per heavy atom. The minimum atomic E-state index is 0.187. The summed E-state index contributed by atoms with van der Waals surface area (Å²) in [5.41, 5.74) is 0.187. The van der Waals surface area contributed by atoms with Crippen molar-refractivity contribution in [3.8, 4) is 0 Å². The number of hydrogen-bond donors (Lipinski definition) is 1. The molecule has 0 aromatic rings. The highest BCUT2D eigenvalue weighted by molar-refractivity contribution is 5.80. The Morgan fingerprint density at radius 2 is 1.78 bits per heavy atom. The molecule has 1 heterocycles. The number of carbonyl (C=O) groups is 1. The van der Waals surface area contributed by atoms with Gasteiger partial charge in [-0.3, -0.25) is 4.79 Å². The van der Waals surface area contributed by atoms with E-state index < -0.39 is 0 Å². The Morgan fingerprint density at radius 3 is 2.33 bits per heavy atom. The van der Waals surface area contributed by atoms with E-state index >= 15 is 0 Å². The van der Waals surface area contributed by atoms with Gasteiger partial charge in [-0.2, -0.15) is 0 Å². The van der Waals surface area contributed by atoms with Crippen molar-refractivity contribution in [2.75, 3.05) is 13.1 Å². The maximum atomic E-state index is 12.8. The van der Waals surface area contributed by atoms with Crippen molar-refractivity contribution in [3.05, 3.63) is 0 Å². The number of hydrogen-bond acceptors (Lipinski definition) is 2. The number of carbonyl (C=O) groups excluding carboxylic acids is 1. The molecule has 1 aliphatic carbocycles. The molecule has 1 saturated heterocycles. The van der Waals surface area contributed by atoms with Crippen LogP contribution in [-0.2, 0) is 4.79 Å². The first-order valence-electron chi connectivity index (χ1n) is 7.45. The molecule has 3 unspecified atom stereocenters. The minimum absolute atomic E-state index is 0.187. The van der Waals surface area contributed by atoms with Gasteiger partial charge in [0.1, 0.15) is 0 Å². The van der Waals surface area contributed by atoms with Crippen molar-refractivity contribution < 1.29 is 4.79 Å². The molecule has 0 radical (unpaired) electrons. The van der Waals surface area contributed by atoms with Crippen LogP contribution in [0.25, 0.3) is 0 Å². The fourth-order valence-electron chi connectivity index (χ4n) is 3.68. The summed E-state index contributed by atoms with van der Waals surface area (Å²) in [6.45, 7) is 10.6. The molecule has 0 spiro atoms. The van der Waals surface area contributed by atoms with Crippen LogP contribution in [0.1, 0.15) is 53.4 Å². The van der Waals surface area contributed by atoms with E-state index in [0.29, 0.717) is 18.0 Å². The molecule has 1 N–H and O–H groups in total. The van der Waals surface area contributed by atoms with Crippen LogP contribution in [0.2, 0.25) is 0 Å². The third-order valence-corrected chi connectivity index (χ3v) is 4.67. The topological polar surface area (TPSA) is 32.3 Å². The van der Waals surface area contributed by atoms with E-state index in [1.807, 2.05) is 0 Å². The molecule has 1 saturated carbocycles. The summed E-state index contributed by atoms with van der Waals surface area (Å²) in [4.78, 5) is 14.9. The Kier molecular flexibility index (Phi) is 4.00. The highest BCUT2D eigenvalue weighted by atomic mass is 16.2. The van der Waals surface area contributed by atoms with Crippen LogP contribution < -0.4 is 5.32 Å². The highest BCUT2D eigenvalue weighted by Crippen LogP contribution is 2.41. The molecule has 0 bridgehead atoms. The van der Waals surface area contributed by atoms with Crippen LogP contribution in [0.4, 0.5) is 0 Å². The first kappa shape index (κ1) is 13.9. The fraction of sp³-hybridized carbons (Fsp3) is 0.933. The monoisotopic (exact) mass is 252 g/mol. The summed E-state index contributed by atoms with van der Waals surface area (Å²) in [5.74, 6) is 0.642. The lowest BCUT2D eigenvalue weighted by molar-refractivity contribution is -0.143. The Hall–Kier alpha value is -0.570. The van der Waals surface area contributed by atoms with Crippen molar-refractivity contribution >= 4 is 5.91 Å². The van der Waals surface area contributed by atoms with Crippen molar-refractivity contribution in [1.29, 1.82) is 0 Å². The summed E-state index contributed by atoms with van der Waals surface area (Å²) < 4.78 is 0. The summed E-state index contributed by atoms with van der Waals surface area (Å²) in [7, 11) is 0. The molecule has 3 atom stereocenters. The summed E-state index contributed by atoms with van der Waals surface area (Å²) in [6, 6.07) is 0.841. The molecule has 1 amide bonds. The van der Waals surface area contributed by atoms with Gasteiger partial charge in [-0.25, -0.2) is 0 Å². The lowest BCUT2D eigenvalue weighted by Gasteiger charge is -2.43.